The Morgan fingerprint density at radius 1 is 0.278 bits per heavy atom. The number of hydrogen-bond acceptors (Lipinski definition) is 23. The summed E-state index contributed by atoms with van der Waals surface area (Å²) >= 11 is 0. The number of benzene rings is 10. The van der Waals surface area contributed by atoms with Gasteiger partial charge in [-0.25, -0.2) is 19.2 Å². The molecule has 0 spiro atoms. The normalized spacial score (nSPS) is 26.0. The van der Waals surface area contributed by atoms with Crippen LogP contribution in [0.1, 0.15) is 74.8 Å². The minimum Gasteiger partial charge on any atom is -0.452 e. The highest BCUT2D eigenvalue weighted by Crippen LogP contribution is 2.39. The number of aliphatic hydroxyl groups is 2. The van der Waals surface area contributed by atoms with Gasteiger partial charge in [-0.1, -0.05) is 255 Å². The average molecular weight is 1560 g/mol. The summed E-state index contributed by atoms with van der Waals surface area (Å²) in [5.74, 6) is -3.45. The van der Waals surface area contributed by atoms with Gasteiger partial charge in [0.2, 0.25) is 0 Å². The van der Waals surface area contributed by atoms with Gasteiger partial charge in [-0.05, 0) is 81.9 Å². The topological polar surface area (TPSA) is 266 Å². The molecular formula is C92H90O23. The van der Waals surface area contributed by atoms with Crippen molar-refractivity contribution < 1.29 is 110 Å². The first-order valence-corrected chi connectivity index (χ1v) is 38.3. The fraction of sp³-hybridized carbons (Fsp3) is 0.304. The number of esters is 4. The summed E-state index contributed by atoms with van der Waals surface area (Å²) in [5.41, 5.74) is 5.14. The van der Waals surface area contributed by atoms with Gasteiger partial charge in [-0.15, -0.1) is 0 Å². The lowest BCUT2D eigenvalue weighted by molar-refractivity contribution is -0.382. The van der Waals surface area contributed by atoms with E-state index >= 15 is 9.59 Å². The zero-order valence-electron chi connectivity index (χ0n) is 62.8. The molecule has 0 radical (unpaired) electrons. The Morgan fingerprint density at radius 3 is 0.948 bits per heavy atom. The van der Waals surface area contributed by atoms with E-state index in [-0.39, 0.29) is 75.1 Å². The Bertz CT molecular complexity index is 4570. The van der Waals surface area contributed by atoms with Crippen LogP contribution in [0.25, 0.3) is 0 Å². The molecular weight excluding hydrogens is 1470 g/mol. The van der Waals surface area contributed by atoms with Gasteiger partial charge in [0, 0.05) is 0 Å². The second-order valence-corrected chi connectivity index (χ2v) is 27.9. The van der Waals surface area contributed by atoms with E-state index in [4.69, 9.17) is 80.5 Å². The van der Waals surface area contributed by atoms with Gasteiger partial charge < -0.3 is 90.7 Å². The zero-order valence-corrected chi connectivity index (χ0v) is 62.8. The summed E-state index contributed by atoms with van der Waals surface area (Å²) in [6, 6.07) is 89.0. The fourth-order valence-corrected chi connectivity index (χ4v) is 13.9. The van der Waals surface area contributed by atoms with Crippen molar-refractivity contribution in [3.63, 3.8) is 0 Å². The first-order chi connectivity index (χ1) is 56.5. The van der Waals surface area contributed by atoms with Crippen molar-refractivity contribution in [1.29, 1.82) is 0 Å². The summed E-state index contributed by atoms with van der Waals surface area (Å²) in [6.45, 7) is -1.38. The molecule has 596 valence electrons. The van der Waals surface area contributed by atoms with E-state index in [9.17, 15) is 19.8 Å². The van der Waals surface area contributed by atoms with E-state index in [0.717, 1.165) is 22.3 Å². The van der Waals surface area contributed by atoms with Gasteiger partial charge in [-0.2, -0.15) is 0 Å². The molecule has 0 aliphatic carbocycles. The lowest BCUT2D eigenvalue weighted by Gasteiger charge is -2.50. The predicted octanol–water partition coefficient (Wildman–Crippen LogP) is 12.3. The Hall–Kier alpha value is -10.5. The van der Waals surface area contributed by atoms with Crippen LogP contribution in [0, 0.1) is 0 Å². The van der Waals surface area contributed by atoms with Crippen LogP contribution >= 0.6 is 0 Å². The lowest BCUT2D eigenvalue weighted by atomic mass is 9.96. The largest absolute Gasteiger partial charge is 0.452 e. The fourth-order valence-electron chi connectivity index (χ4n) is 13.9. The molecule has 0 unspecified atom stereocenters. The predicted molar refractivity (Wildman–Crippen MR) is 415 cm³/mol. The summed E-state index contributed by atoms with van der Waals surface area (Å²) < 4.78 is 116. The molecule has 0 amide bonds. The Morgan fingerprint density at radius 2 is 0.565 bits per heavy atom. The summed E-state index contributed by atoms with van der Waals surface area (Å²) in [5, 5.41) is 24.4. The highest BCUT2D eigenvalue weighted by atomic mass is 16.8. The molecule has 10 aromatic rings. The molecule has 115 heavy (non-hydrogen) atoms. The molecule has 0 aromatic heterocycles. The van der Waals surface area contributed by atoms with Gasteiger partial charge in [0.1, 0.15) is 61.0 Å². The van der Waals surface area contributed by atoms with Crippen molar-refractivity contribution in [3.05, 3.63) is 359 Å². The molecule has 4 aliphatic heterocycles. The molecule has 23 nitrogen and oxygen atoms in total. The van der Waals surface area contributed by atoms with Gasteiger partial charge in [-0.3, -0.25) is 0 Å². The second kappa shape index (κ2) is 41.2. The molecule has 0 bridgehead atoms. The van der Waals surface area contributed by atoms with Crippen LogP contribution in [-0.4, -0.2) is 171 Å². The lowest BCUT2D eigenvalue weighted by Crippen LogP contribution is -2.67. The molecule has 0 saturated carbocycles. The van der Waals surface area contributed by atoms with E-state index in [1.807, 2.05) is 182 Å². The van der Waals surface area contributed by atoms with Crippen LogP contribution in [0.3, 0.4) is 0 Å². The third-order valence-electron chi connectivity index (χ3n) is 19.8. The van der Waals surface area contributed by atoms with Crippen LogP contribution in [-0.2, 0) is 120 Å². The minimum atomic E-state index is -1.84. The standard InChI is InChI=1S/C92H90O23/c93-75-71(57-99-51-61-31-11-1-12-32-61)107-91(82(103-55-65-39-19-5-20-40-65)79(75)101-53-63-35-15-3-16-36-63)110-74-60-106-90(84(114-88(97)70-49-29-10-30-50-70)78(74)112-86(95)68-45-25-8-26-46-68)115-76-72(58-100-52-62-33-13-2-14-34-62)108-92(83(104-56-66-41-21-6-22-42-66)80(76)102-54-64-37-17-4-18-38-64)109-73-59-105-89(98)81(113-87(96)69-47-27-9-28-48-69)77(73)111-85(94)67-43-23-7-24-44-67/h1-50,71-84,89-93,98H,51-60H2/t71-,72-,73-,74-,75-,76-,77+,78+,79+,80+,81-,82+,83+,84-,89-,90+,91+,92+/m1/s1. The SMILES string of the molecule is O=C(O[C@@H]1[C@@H](OC(=O)c2ccccc2)[C@H](O[C@@H]2O[C@H](COCc3ccccc3)[C@@H](O[C@@H]3OC[C@@H](O[C@@H]4O[C@H](COCc5ccccc5)[C@@H](O)[C@H](OCc5ccccc5)[C@@H]4OCc4ccccc4)[C@H](OC(=O)c4ccccc4)[C@H]3OC(=O)c3ccccc3)[C@H](OCc3ccccc3)[C@@H]2OCc2ccccc2)CO[C@H]1O)c1ccccc1. The quantitative estimate of drug-likeness (QED) is 0.0280. The van der Waals surface area contributed by atoms with E-state index in [1.165, 1.54) is 12.1 Å². The molecule has 2 N–H and O–H groups in total. The smallest absolute Gasteiger partial charge is 0.338 e. The first kappa shape index (κ1) is 81.1. The van der Waals surface area contributed by atoms with Crippen LogP contribution in [0.15, 0.2) is 303 Å². The van der Waals surface area contributed by atoms with Crippen molar-refractivity contribution in [1.82, 2.24) is 0 Å². The third-order valence-corrected chi connectivity index (χ3v) is 19.8. The van der Waals surface area contributed by atoms with Crippen molar-refractivity contribution in [3.8, 4) is 0 Å². The Labute approximate surface area is 666 Å². The van der Waals surface area contributed by atoms with Gasteiger partial charge in [0.05, 0.1) is 88.3 Å². The van der Waals surface area contributed by atoms with Crippen molar-refractivity contribution in [2.75, 3.05) is 26.4 Å². The summed E-state index contributed by atoms with van der Waals surface area (Å²) in [7, 11) is 0. The van der Waals surface area contributed by atoms with E-state index in [1.54, 1.807) is 109 Å². The molecule has 4 saturated heterocycles. The van der Waals surface area contributed by atoms with Crippen molar-refractivity contribution >= 4 is 23.9 Å². The van der Waals surface area contributed by atoms with E-state index in [2.05, 4.69) is 0 Å². The number of aliphatic hydroxyl groups excluding tert-OH is 2. The number of hydrogen-bond donors (Lipinski definition) is 2. The van der Waals surface area contributed by atoms with E-state index in [0.29, 0.717) is 11.1 Å². The molecule has 4 aliphatic rings. The van der Waals surface area contributed by atoms with Crippen LogP contribution in [0.5, 0.6) is 0 Å². The maximum Gasteiger partial charge on any atom is 0.338 e. The number of carbonyl (C=O) groups is 4. The molecule has 18 atom stereocenters. The average Bonchev–Trinajstić information content (AvgIpc) is 0.768. The van der Waals surface area contributed by atoms with Crippen LogP contribution < -0.4 is 0 Å². The second-order valence-electron chi connectivity index (χ2n) is 27.9. The maximum atomic E-state index is 15.2. The van der Waals surface area contributed by atoms with Crippen molar-refractivity contribution in [2.24, 2.45) is 0 Å². The molecule has 4 fully saturated rings. The molecule has 10 aromatic carbocycles. The number of carbonyl (C=O) groups excluding carboxylic acids is 4. The summed E-state index contributed by atoms with van der Waals surface area (Å²) in [6.07, 6.45) is -26.8. The van der Waals surface area contributed by atoms with Gasteiger partial charge in [0.15, 0.2) is 49.6 Å². The third kappa shape index (κ3) is 22.1. The Balaban J connectivity index is 0.866. The first-order valence-electron chi connectivity index (χ1n) is 38.3. The molecule has 23 heteroatoms. The van der Waals surface area contributed by atoms with E-state index < -0.39 is 148 Å². The maximum absolute atomic E-state index is 15.2. The molecule has 14 rings (SSSR count). The monoisotopic (exact) mass is 1560 g/mol. The number of rotatable bonds is 34. The highest BCUT2D eigenvalue weighted by Gasteiger charge is 2.58. The summed E-state index contributed by atoms with van der Waals surface area (Å²) in [4.78, 5) is 59.0. The minimum absolute atomic E-state index is 0.0116. The van der Waals surface area contributed by atoms with Gasteiger partial charge >= 0.3 is 23.9 Å². The van der Waals surface area contributed by atoms with Crippen molar-refractivity contribution in [2.45, 2.75) is 150 Å². The number of ether oxygens (including phenoxy) is 17. The van der Waals surface area contributed by atoms with Crippen LogP contribution in [0.2, 0.25) is 0 Å². The van der Waals surface area contributed by atoms with Gasteiger partial charge in [0.25, 0.3) is 0 Å². The van der Waals surface area contributed by atoms with Crippen LogP contribution in [0.4, 0.5) is 0 Å². The molecule has 4 heterocycles. The zero-order chi connectivity index (χ0) is 78.9. The Kier molecular flexibility index (Phi) is 29.0. The highest BCUT2D eigenvalue weighted by molar-refractivity contribution is 5.91.